The van der Waals surface area contributed by atoms with Crippen molar-refractivity contribution >= 4 is 0 Å². The number of alkyl halides is 3. The molecule has 0 unspecified atom stereocenters. The topological polar surface area (TPSA) is 72.0 Å². The first kappa shape index (κ1) is 38.2. The van der Waals surface area contributed by atoms with Gasteiger partial charge in [-0.3, -0.25) is 0 Å². The summed E-state index contributed by atoms with van der Waals surface area (Å²) in [4.78, 5) is 0. The lowest BCUT2D eigenvalue weighted by atomic mass is 9.74. The monoisotopic (exact) mass is 662 g/mol. The summed E-state index contributed by atoms with van der Waals surface area (Å²) in [7, 11) is 3.19. The van der Waals surface area contributed by atoms with Crippen LogP contribution in [0.5, 0.6) is 0 Å². The van der Waals surface area contributed by atoms with E-state index < -0.39 is 40.9 Å². The van der Waals surface area contributed by atoms with E-state index in [0.717, 1.165) is 44.5 Å². The highest BCUT2D eigenvalue weighted by atomic mass is 19.4. The van der Waals surface area contributed by atoms with E-state index in [4.69, 9.17) is 14.2 Å². The summed E-state index contributed by atoms with van der Waals surface area (Å²) >= 11 is 0. The van der Waals surface area contributed by atoms with Crippen LogP contribution in [0.4, 0.5) is 26.3 Å². The van der Waals surface area contributed by atoms with Crippen LogP contribution < -0.4 is 10.6 Å². The van der Waals surface area contributed by atoms with Crippen molar-refractivity contribution in [2.75, 3.05) is 60.2 Å². The van der Waals surface area contributed by atoms with Crippen LogP contribution in [-0.4, -0.2) is 65.3 Å². The number of nitrogens with one attached hydrogen (secondary N) is 2. The van der Waals surface area contributed by atoms with Crippen LogP contribution in [0.15, 0.2) is 36.4 Å². The summed E-state index contributed by atoms with van der Waals surface area (Å²) in [5.74, 6) is -4.24. The van der Waals surface area contributed by atoms with Gasteiger partial charge in [-0.1, -0.05) is 24.3 Å². The Balaban J connectivity index is 0.000000250. The highest BCUT2D eigenvalue weighted by molar-refractivity contribution is 5.32. The number of unbranched alkanes of at least 4 members (excludes halogenated alkanes) is 1. The van der Waals surface area contributed by atoms with Crippen LogP contribution in [0, 0.1) is 29.3 Å². The lowest BCUT2D eigenvalue weighted by Gasteiger charge is -2.39. The molecule has 3 N–H and O–H groups in total. The fourth-order valence-electron chi connectivity index (χ4n) is 6.35. The Kier molecular flexibility index (Phi) is 15.7. The summed E-state index contributed by atoms with van der Waals surface area (Å²) < 4.78 is 97.0. The van der Waals surface area contributed by atoms with Crippen LogP contribution >= 0.6 is 0 Å². The number of halogens is 6. The van der Waals surface area contributed by atoms with Gasteiger partial charge in [-0.15, -0.1) is 0 Å². The fraction of sp³-hybridized carbons (Fsp3) is 0.647. The molecule has 2 heterocycles. The predicted octanol–water partition coefficient (Wildman–Crippen LogP) is 6.91. The Hall–Kier alpha value is -2.22. The first-order valence-corrected chi connectivity index (χ1v) is 16.1. The summed E-state index contributed by atoms with van der Waals surface area (Å²) in [5, 5.41) is 17.6. The van der Waals surface area contributed by atoms with E-state index in [-0.39, 0.29) is 29.4 Å². The maximum atomic E-state index is 14.3. The molecule has 2 saturated heterocycles. The first-order chi connectivity index (χ1) is 22.0. The van der Waals surface area contributed by atoms with Crippen molar-refractivity contribution in [2.24, 2.45) is 11.8 Å². The Morgan fingerprint density at radius 2 is 1.48 bits per heavy atom. The van der Waals surface area contributed by atoms with Gasteiger partial charge in [0.25, 0.3) is 0 Å². The minimum Gasteiger partial charge on any atom is -0.385 e. The second-order valence-electron chi connectivity index (χ2n) is 12.0. The van der Waals surface area contributed by atoms with E-state index in [1.807, 2.05) is 0 Å². The van der Waals surface area contributed by atoms with E-state index in [9.17, 15) is 31.4 Å². The van der Waals surface area contributed by atoms with Gasteiger partial charge in [0.05, 0.1) is 17.3 Å². The maximum Gasteiger partial charge on any atom is 0.416 e. The number of aliphatic hydroxyl groups is 1. The zero-order chi connectivity index (χ0) is 33.6. The molecular formula is C34H48F6N2O4. The van der Waals surface area contributed by atoms with Gasteiger partial charge in [0.15, 0.2) is 17.5 Å². The number of ether oxygens (including phenoxy) is 3. The lowest BCUT2D eigenvalue weighted by Crippen LogP contribution is -2.45. The van der Waals surface area contributed by atoms with Gasteiger partial charge >= 0.3 is 6.18 Å². The van der Waals surface area contributed by atoms with Crippen molar-refractivity contribution in [3.63, 3.8) is 0 Å². The molecule has 6 nitrogen and oxygen atoms in total. The Labute approximate surface area is 268 Å². The Morgan fingerprint density at radius 1 is 0.804 bits per heavy atom. The molecule has 260 valence electrons. The van der Waals surface area contributed by atoms with Crippen molar-refractivity contribution in [1.29, 1.82) is 0 Å². The van der Waals surface area contributed by atoms with Crippen LogP contribution in [0.3, 0.4) is 0 Å². The average molecular weight is 663 g/mol. The summed E-state index contributed by atoms with van der Waals surface area (Å²) in [5.41, 5.74) is -2.02. The zero-order valence-corrected chi connectivity index (χ0v) is 26.7. The molecule has 46 heavy (non-hydrogen) atoms. The molecule has 0 spiro atoms. The van der Waals surface area contributed by atoms with E-state index in [0.29, 0.717) is 58.6 Å². The molecule has 4 atom stereocenters. The third kappa shape index (κ3) is 10.6. The largest absolute Gasteiger partial charge is 0.416 e. The average Bonchev–Trinajstić information content (AvgIpc) is 3.06. The molecule has 12 heteroatoms. The number of piperidine rings is 2. The molecule has 2 fully saturated rings. The van der Waals surface area contributed by atoms with Gasteiger partial charge < -0.3 is 30.0 Å². The second kappa shape index (κ2) is 18.9. The minimum absolute atomic E-state index is 0.0507. The third-order valence-electron chi connectivity index (χ3n) is 8.76. The molecule has 0 saturated carbocycles. The zero-order valence-electron chi connectivity index (χ0n) is 26.7. The third-order valence-corrected chi connectivity index (χ3v) is 8.76. The minimum atomic E-state index is -4.37. The summed E-state index contributed by atoms with van der Waals surface area (Å²) in [6.45, 7) is 4.43. The fourth-order valence-corrected chi connectivity index (χ4v) is 6.35. The van der Waals surface area contributed by atoms with Gasteiger partial charge in [-0.2, -0.15) is 13.2 Å². The normalized spacial score (nSPS) is 20.8. The molecule has 4 rings (SSSR count). The van der Waals surface area contributed by atoms with Gasteiger partial charge in [0, 0.05) is 64.5 Å². The van der Waals surface area contributed by atoms with E-state index >= 15 is 0 Å². The molecule has 2 aromatic carbocycles. The van der Waals surface area contributed by atoms with Gasteiger partial charge in [0.1, 0.15) is 0 Å². The molecule has 2 aliphatic rings. The molecule has 0 aromatic heterocycles. The van der Waals surface area contributed by atoms with Gasteiger partial charge in [0.2, 0.25) is 0 Å². The highest BCUT2D eigenvalue weighted by Crippen LogP contribution is 2.41. The van der Waals surface area contributed by atoms with E-state index in [1.165, 1.54) is 12.1 Å². The van der Waals surface area contributed by atoms with Crippen LogP contribution in [0.2, 0.25) is 0 Å². The Bertz CT molecular complexity index is 1170. The highest BCUT2D eigenvalue weighted by Gasteiger charge is 2.41. The molecular weight excluding hydrogens is 614 g/mol. The standard InChI is InChI=1S/2C17H24F3NO2/c1-22-10-5-11-23-16(13-6-4-9-21-12-13)14-7-2-3-8-15(14)17(18,19)20;1-23-10-3-2-8-17(22,12-5-4-9-21-11-12)13-6-7-14(18)16(20)15(13)19/h2-3,7-8,13,16,21H,4-6,9-12H2,1H3;6-7,12,21-22H,2-5,8-11H2,1H3/t13-,16-;12-,17+/m11/s1. The predicted molar refractivity (Wildman–Crippen MR) is 164 cm³/mol. The SMILES string of the molecule is COCCCC[C@@](O)(c1ccc(F)c(F)c1F)[C@@H]1CCCNC1.COCCCO[C@@H](c1ccccc1C(F)(F)F)[C@@H]1CCCNC1. The molecule has 0 aliphatic carbocycles. The van der Waals surface area contributed by atoms with Crippen molar-refractivity contribution in [3.8, 4) is 0 Å². The molecule has 0 bridgehead atoms. The van der Waals surface area contributed by atoms with Crippen LogP contribution in [-0.2, 0) is 26.0 Å². The van der Waals surface area contributed by atoms with Crippen molar-refractivity contribution in [2.45, 2.75) is 69.2 Å². The van der Waals surface area contributed by atoms with Crippen molar-refractivity contribution in [3.05, 3.63) is 70.5 Å². The smallest absolute Gasteiger partial charge is 0.385 e. The number of benzene rings is 2. The second-order valence-corrected chi connectivity index (χ2v) is 12.0. The van der Waals surface area contributed by atoms with Crippen molar-refractivity contribution < 1.29 is 45.7 Å². The number of hydrogen-bond acceptors (Lipinski definition) is 6. The van der Waals surface area contributed by atoms with E-state index in [1.54, 1.807) is 26.4 Å². The van der Waals surface area contributed by atoms with E-state index in [2.05, 4.69) is 10.6 Å². The quantitative estimate of drug-likeness (QED) is 0.116. The molecule has 2 aromatic rings. The van der Waals surface area contributed by atoms with Crippen molar-refractivity contribution in [1.82, 2.24) is 10.6 Å². The lowest BCUT2D eigenvalue weighted by molar-refractivity contribution is -0.140. The molecule has 2 aliphatic heterocycles. The number of hydrogen-bond donors (Lipinski definition) is 3. The Morgan fingerprint density at radius 3 is 2.11 bits per heavy atom. The van der Waals surface area contributed by atoms with Gasteiger partial charge in [-0.25, -0.2) is 13.2 Å². The maximum absolute atomic E-state index is 14.3. The number of methoxy groups -OCH3 is 2. The van der Waals surface area contributed by atoms with Crippen LogP contribution in [0.25, 0.3) is 0 Å². The summed E-state index contributed by atoms with van der Waals surface area (Å²) in [6.07, 6.45) is 0.757. The number of rotatable bonds is 14. The summed E-state index contributed by atoms with van der Waals surface area (Å²) in [6, 6.07) is 7.79. The van der Waals surface area contributed by atoms with Gasteiger partial charge in [-0.05, 0) is 82.2 Å². The first-order valence-electron chi connectivity index (χ1n) is 16.1. The van der Waals surface area contributed by atoms with Crippen LogP contribution in [0.1, 0.15) is 74.2 Å². The molecule has 0 amide bonds. The molecule has 0 radical (unpaired) electrons.